The highest BCUT2D eigenvalue weighted by Gasteiger charge is 2.11. The lowest BCUT2D eigenvalue weighted by molar-refractivity contribution is -0.132. The van der Waals surface area contributed by atoms with Crippen molar-refractivity contribution < 1.29 is 14.6 Å². The first-order chi connectivity index (χ1) is 7.49. The average Bonchev–Trinajstić information content (AvgIpc) is 2.21. The summed E-state index contributed by atoms with van der Waals surface area (Å²) in [6.07, 6.45) is 1.68. The number of carboxylic acids is 1. The molecule has 0 saturated carbocycles. The summed E-state index contributed by atoms with van der Waals surface area (Å²) in [7, 11) is 0. The van der Waals surface area contributed by atoms with Crippen LogP contribution in [0.2, 0.25) is 0 Å². The van der Waals surface area contributed by atoms with Crippen LogP contribution in [-0.2, 0) is 9.53 Å². The molecule has 0 spiro atoms. The summed E-state index contributed by atoms with van der Waals surface area (Å²) in [5, 5.41) is 12.0. The summed E-state index contributed by atoms with van der Waals surface area (Å²) in [6.45, 7) is 9.72. The van der Waals surface area contributed by atoms with Crippen molar-refractivity contribution in [3.05, 3.63) is 11.6 Å². The lowest BCUT2D eigenvalue weighted by atomic mass is 10.1. The molecule has 2 N–H and O–H groups in total. The summed E-state index contributed by atoms with van der Waals surface area (Å²) in [5.41, 5.74) is 0.367. The Balaban J connectivity index is 4.02. The molecule has 0 heterocycles. The summed E-state index contributed by atoms with van der Waals surface area (Å²) < 4.78 is 5.36. The van der Waals surface area contributed by atoms with Crippen LogP contribution in [0.15, 0.2) is 11.6 Å². The van der Waals surface area contributed by atoms with Crippen molar-refractivity contribution in [1.82, 2.24) is 5.32 Å². The number of aliphatic carboxylic acids is 1. The molecule has 0 aliphatic heterocycles. The molecule has 1 unspecified atom stereocenters. The van der Waals surface area contributed by atoms with E-state index in [2.05, 4.69) is 19.2 Å². The van der Waals surface area contributed by atoms with Crippen molar-refractivity contribution in [3.63, 3.8) is 0 Å². The highest BCUT2D eigenvalue weighted by molar-refractivity contribution is 5.85. The van der Waals surface area contributed by atoms with Crippen LogP contribution in [0.5, 0.6) is 0 Å². The van der Waals surface area contributed by atoms with Crippen LogP contribution in [0.3, 0.4) is 0 Å². The second-order valence-electron chi connectivity index (χ2n) is 4.11. The van der Waals surface area contributed by atoms with Crippen molar-refractivity contribution >= 4 is 5.97 Å². The normalized spacial score (nSPS) is 14.2. The molecule has 0 aromatic heterocycles. The molecule has 4 nitrogen and oxygen atoms in total. The van der Waals surface area contributed by atoms with Gasteiger partial charge in [0.15, 0.2) is 0 Å². The maximum atomic E-state index is 10.6. The zero-order valence-electron chi connectivity index (χ0n) is 10.6. The van der Waals surface area contributed by atoms with Crippen LogP contribution >= 0.6 is 0 Å². The molecule has 0 saturated heterocycles. The molecule has 1 atom stereocenters. The molecule has 0 aromatic carbocycles. The first kappa shape index (κ1) is 15.1. The van der Waals surface area contributed by atoms with Crippen molar-refractivity contribution in [3.8, 4) is 0 Å². The molecule has 0 radical (unpaired) electrons. The lowest BCUT2D eigenvalue weighted by Gasteiger charge is -2.21. The number of ether oxygens (including phenoxy) is 1. The summed E-state index contributed by atoms with van der Waals surface area (Å²) >= 11 is 0. The van der Waals surface area contributed by atoms with Gasteiger partial charge in [-0.1, -0.05) is 19.9 Å². The quantitative estimate of drug-likeness (QED) is 0.622. The largest absolute Gasteiger partial charge is 0.478 e. The van der Waals surface area contributed by atoms with Crippen molar-refractivity contribution in [2.75, 3.05) is 19.8 Å². The molecule has 0 aromatic rings. The standard InChI is InChI=1S/C12H23NO3/c1-5-16-8-11(9(2)3)13-7-6-10(4)12(14)15/h6,9,11,13H,5,7-8H2,1-4H3,(H,14,15)/b10-6-. The van der Waals surface area contributed by atoms with E-state index < -0.39 is 5.97 Å². The van der Waals surface area contributed by atoms with Gasteiger partial charge in [-0.3, -0.25) is 0 Å². The summed E-state index contributed by atoms with van der Waals surface area (Å²) in [5.74, 6) is -0.405. The van der Waals surface area contributed by atoms with E-state index in [1.807, 2.05) is 6.92 Å². The number of rotatable bonds is 8. The van der Waals surface area contributed by atoms with Crippen LogP contribution < -0.4 is 5.32 Å². The Kier molecular flexibility index (Phi) is 7.85. The summed E-state index contributed by atoms with van der Waals surface area (Å²) in [4.78, 5) is 10.6. The highest BCUT2D eigenvalue weighted by Crippen LogP contribution is 2.02. The monoisotopic (exact) mass is 229 g/mol. The van der Waals surface area contributed by atoms with Crippen LogP contribution in [0.4, 0.5) is 0 Å². The molecule has 0 rings (SSSR count). The van der Waals surface area contributed by atoms with Gasteiger partial charge in [0.1, 0.15) is 0 Å². The van der Waals surface area contributed by atoms with Crippen LogP contribution in [0.1, 0.15) is 27.7 Å². The third-order valence-corrected chi connectivity index (χ3v) is 2.43. The van der Waals surface area contributed by atoms with Gasteiger partial charge in [0.2, 0.25) is 0 Å². The molecule has 0 aliphatic carbocycles. The number of carboxylic acid groups (broad SMARTS) is 1. The van der Waals surface area contributed by atoms with E-state index >= 15 is 0 Å². The first-order valence-corrected chi connectivity index (χ1v) is 5.70. The van der Waals surface area contributed by atoms with E-state index in [4.69, 9.17) is 9.84 Å². The summed E-state index contributed by atoms with van der Waals surface area (Å²) in [6, 6.07) is 0.262. The second-order valence-corrected chi connectivity index (χ2v) is 4.11. The smallest absolute Gasteiger partial charge is 0.330 e. The Morgan fingerprint density at radius 2 is 2.12 bits per heavy atom. The van der Waals surface area contributed by atoms with E-state index in [-0.39, 0.29) is 6.04 Å². The topological polar surface area (TPSA) is 58.6 Å². The van der Waals surface area contributed by atoms with Crippen LogP contribution in [0.25, 0.3) is 0 Å². The van der Waals surface area contributed by atoms with Crippen LogP contribution in [-0.4, -0.2) is 36.9 Å². The Hall–Kier alpha value is -0.870. The maximum absolute atomic E-state index is 10.6. The number of carbonyl (C=O) groups is 1. The fraction of sp³-hybridized carbons (Fsp3) is 0.750. The Bertz CT molecular complexity index is 236. The minimum absolute atomic E-state index is 0.262. The van der Waals surface area contributed by atoms with E-state index in [0.29, 0.717) is 31.2 Å². The van der Waals surface area contributed by atoms with Gasteiger partial charge in [-0.25, -0.2) is 4.79 Å². The maximum Gasteiger partial charge on any atom is 0.330 e. The molecule has 4 heteroatoms. The van der Waals surface area contributed by atoms with E-state index in [9.17, 15) is 4.79 Å². The highest BCUT2D eigenvalue weighted by atomic mass is 16.5. The first-order valence-electron chi connectivity index (χ1n) is 5.70. The molecule has 0 bridgehead atoms. The minimum atomic E-state index is -0.868. The Morgan fingerprint density at radius 3 is 2.56 bits per heavy atom. The van der Waals surface area contributed by atoms with Crippen molar-refractivity contribution in [2.45, 2.75) is 33.7 Å². The molecular formula is C12H23NO3. The third kappa shape index (κ3) is 6.58. The predicted molar refractivity (Wildman–Crippen MR) is 64.5 cm³/mol. The van der Waals surface area contributed by atoms with E-state index in [1.54, 1.807) is 13.0 Å². The third-order valence-electron chi connectivity index (χ3n) is 2.43. The lowest BCUT2D eigenvalue weighted by Crippen LogP contribution is -2.38. The van der Waals surface area contributed by atoms with Gasteiger partial charge in [-0.15, -0.1) is 0 Å². The fourth-order valence-corrected chi connectivity index (χ4v) is 1.18. The fourth-order valence-electron chi connectivity index (χ4n) is 1.18. The molecule has 16 heavy (non-hydrogen) atoms. The average molecular weight is 229 g/mol. The number of hydrogen-bond donors (Lipinski definition) is 2. The zero-order valence-corrected chi connectivity index (χ0v) is 10.6. The molecule has 0 aliphatic rings. The minimum Gasteiger partial charge on any atom is -0.478 e. The van der Waals surface area contributed by atoms with Gasteiger partial charge in [0.25, 0.3) is 0 Å². The van der Waals surface area contributed by atoms with Gasteiger partial charge in [0, 0.05) is 24.8 Å². The Labute approximate surface area is 97.7 Å². The Morgan fingerprint density at radius 1 is 1.50 bits per heavy atom. The van der Waals surface area contributed by atoms with Gasteiger partial charge in [-0.05, 0) is 19.8 Å². The second kappa shape index (κ2) is 8.30. The van der Waals surface area contributed by atoms with Crippen molar-refractivity contribution in [2.24, 2.45) is 5.92 Å². The zero-order chi connectivity index (χ0) is 12.6. The van der Waals surface area contributed by atoms with Crippen molar-refractivity contribution in [1.29, 1.82) is 0 Å². The molecule has 94 valence electrons. The molecule has 0 amide bonds. The van der Waals surface area contributed by atoms with Gasteiger partial charge in [-0.2, -0.15) is 0 Å². The number of hydrogen-bond acceptors (Lipinski definition) is 3. The molecule has 0 fully saturated rings. The van der Waals surface area contributed by atoms with Gasteiger partial charge < -0.3 is 15.2 Å². The SMILES string of the molecule is CCOCC(NC/C=C(/C)C(=O)O)C(C)C. The van der Waals surface area contributed by atoms with E-state index in [1.165, 1.54) is 0 Å². The van der Waals surface area contributed by atoms with Gasteiger partial charge >= 0.3 is 5.97 Å². The number of nitrogens with one attached hydrogen (secondary N) is 1. The van der Waals surface area contributed by atoms with Gasteiger partial charge in [0.05, 0.1) is 6.61 Å². The molecular weight excluding hydrogens is 206 g/mol. The van der Waals surface area contributed by atoms with E-state index in [0.717, 1.165) is 0 Å². The predicted octanol–water partition coefficient (Wildman–Crippen LogP) is 1.67. The van der Waals surface area contributed by atoms with Crippen LogP contribution in [0, 0.1) is 5.92 Å².